The van der Waals surface area contributed by atoms with Gasteiger partial charge in [0.1, 0.15) is 6.04 Å². The molecule has 21 heavy (non-hydrogen) atoms. The van der Waals surface area contributed by atoms with Crippen molar-refractivity contribution in [2.45, 2.75) is 44.6 Å². The maximum atomic E-state index is 12.2. The zero-order valence-electron chi connectivity index (χ0n) is 12.1. The van der Waals surface area contributed by atoms with Gasteiger partial charge < -0.3 is 20.6 Å². The Bertz CT molecular complexity index is 407. The summed E-state index contributed by atoms with van der Waals surface area (Å²) in [7, 11) is 0. The van der Waals surface area contributed by atoms with Gasteiger partial charge in [0, 0.05) is 26.1 Å². The predicted octanol–water partition coefficient (Wildman–Crippen LogP) is 0.551. The number of hydrogen-bond donors (Lipinski definition) is 3. The fraction of sp³-hybridized carbons (Fsp3) is 0.786. The number of carbonyl (C=O) groups is 3. The summed E-state index contributed by atoms with van der Waals surface area (Å²) in [4.78, 5) is 36.4. The summed E-state index contributed by atoms with van der Waals surface area (Å²) in [6.45, 7) is 1.15. The largest absolute Gasteiger partial charge is 0.480 e. The van der Waals surface area contributed by atoms with Gasteiger partial charge in [-0.05, 0) is 18.8 Å². The highest BCUT2D eigenvalue weighted by Gasteiger charge is 2.32. The van der Waals surface area contributed by atoms with Crippen LogP contribution < -0.4 is 10.6 Å². The number of nitrogens with zero attached hydrogens (tertiary/aromatic N) is 1. The summed E-state index contributed by atoms with van der Waals surface area (Å²) in [6, 6.07) is -1.21. The molecule has 1 aliphatic heterocycles. The van der Waals surface area contributed by atoms with E-state index >= 15 is 0 Å². The summed E-state index contributed by atoms with van der Waals surface area (Å²) in [6.07, 6.45) is 5.12. The van der Waals surface area contributed by atoms with Crippen molar-refractivity contribution < 1.29 is 19.5 Å². The van der Waals surface area contributed by atoms with E-state index in [4.69, 9.17) is 0 Å². The first-order valence-electron chi connectivity index (χ1n) is 7.63. The highest BCUT2D eigenvalue weighted by molar-refractivity contribution is 5.84. The molecule has 2 rings (SSSR count). The number of rotatable bonds is 3. The molecule has 1 heterocycles. The van der Waals surface area contributed by atoms with Crippen molar-refractivity contribution in [2.24, 2.45) is 5.92 Å². The molecule has 7 nitrogen and oxygen atoms in total. The molecule has 1 atom stereocenters. The normalized spacial score (nSPS) is 22.1. The SMILES string of the molecule is O=C1CCN(C(=O)NC(C(=O)O)C2CCCCC2)CCN1. The molecule has 3 N–H and O–H groups in total. The Morgan fingerprint density at radius 2 is 1.95 bits per heavy atom. The first-order valence-corrected chi connectivity index (χ1v) is 7.63. The Hall–Kier alpha value is -1.79. The van der Waals surface area contributed by atoms with Crippen LogP contribution in [0.2, 0.25) is 0 Å². The quantitative estimate of drug-likeness (QED) is 0.708. The zero-order chi connectivity index (χ0) is 15.2. The summed E-state index contributed by atoms with van der Waals surface area (Å²) < 4.78 is 0. The van der Waals surface area contributed by atoms with Crippen molar-refractivity contribution in [1.29, 1.82) is 0 Å². The third kappa shape index (κ3) is 4.34. The summed E-state index contributed by atoms with van der Waals surface area (Å²) in [5.74, 6) is -1.04. The maximum absolute atomic E-state index is 12.2. The number of carboxylic acid groups (broad SMARTS) is 1. The van der Waals surface area contributed by atoms with Crippen LogP contribution in [-0.2, 0) is 9.59 Å². The number of urea groups is 1. The third-order valence-corrected chi connectivity index (χ3v) is 4.27. The maximum Gasteiger partial charge on any atom is 0.326 e. The molecule has 2 aliphatic rings. The third-order valence-electron chi connectivity index (χ3n) is 4.27. The first-order chi connectivity index (χ1) is 10.1. The van der Waals surface area contributed by atoms with Crippen LogP contribution in [0, 0.1) is 5.92 Å². The number of amides is 3. The van der Waals surface area contributed by atoms with Crippen LogP contribution in [0.5, 0.6) is 0 Å². The number of aliphatic carboxylic acids is 1. The minimum Gasteiger partial charge on any atom is -0.480 e. The van der Waals surface area contributed by atoms with E-state index in [0.29, 0.717) is 19.6 Å². The second-order valence-corrected chi connectivity index (χ2v) is 5.75. The predicted molar refractivity (Wildman–Crippen MR) is 75.7 cm³/mol. The summed E-state index contributed by atoms with van der Waals surface area (Å²) in [5, 5.41) is 14.7. The van der Waals surface area contributed by atoms with Crippen molar-refractivity contribution in [2.75, 3.05) is 19.6 Å². The van der Waals surface area contributed by atoms with Gasteiger partial charge in [-0.3, -0.25) is 4.79 Å². The lowest BCUT2D eigenvalue weighted by Crippen LogP contribution is -2.52. The highest BCUT2D eigenvalue weighted by Crippen LogP contribution is 2.26. The number of carbonyl (C=O) groups excluding carboxylic acids is 2. The molecule has 7 heteroatoms. The van der Waals surface area contributed by atoms with Crippen molar-refractivity contribution in [3.05, 3.63) is 0 Å². The molecular formula is C14H23N3O4. The van der Waals surface area contributed by atoms with Crippen LogP contribution in [0.1, 0.15) is 38.5 Å². The lowest BCUT2D eigenvalue weighted by molar-refractivity contribution is -0.141. The van der Waals surface area contributed by atoms with Crippen LogP contribution in [-0.4, -0.2) is 53.6 Å². The van der Waals surface area contributed by atoms with Gasteiger partial charge in [0.2, 0.25) is 5.91 Å². The molecule has 1 saturated heterocycles. The average Bonchev–Trinajstić information content (AvgIpc) is 2.70. The molecule has 1 unspecified atom stereocenters. The lowest BCUT2D eigenvalue weighted by Gasteiger charge is -2.30. The van der Waals surface area contributed by atoms with Crippen LogP contribution in [0.15, 0.2) is 0 Å². The molecule has 1 aliphatic carbocycles. The fourth-order valence-electron chi connectivity index (χ4n) is 3.04. The lowest BCUT2D eigenvalue weighted by atomic mass is 9.84. The molecule has 2 fully saturated rings. The van der Waals surface area contributed by atoms with E-state index in [1.165, 1.54) is 4.90 Å². The van der Waals surface area contributed by atoms with Crippen LogP contribution in [0.25, 0.3) is 0 Å². The molecule has 3 amide bonds. The van der Waals surface area contributed by atoms with Crippen LogP contribution >= 0.6 is 0 Å². The minimum atomic E-state index is -0.973. The molecule has 0 bridgehead atoms. The molecule has 0 radical (unpaired) electrons. The van der Waals surface area contributed by atoms with Gasteiger partial charge in [0.25, 0.3) is 0 Å². The summed E-state index contributed by atoms with van der Waals surface area (Å²) >= 11 is 0. The van der Waals surface area contributed by atoms with Crippen molar-refractivity contribution >= 4 is 17.9 Å². The van der Waals surface area contributed by atoms with Gasteiger partial charge in [-0.25, -0.2) is 9.59 Å². The highest BCUT2D eigenvalue weighted by atomic mass is 16.4. The standard InChI is InChI=1S/C14H23N3O4/c18-11-6-8-17(9-7-15-11)14(21)16-12(13(19)20)10-4-2-1-3-5-10/h10,12H,1-9H2,(H,15,18)(H,16,21)(H,19,20). The number of carboxylic acids is 1. The molecule has 0 aromatic carbocycles. The molecular weight excluding hydrogens is 274 g/mol. The van der Waals surface area contributed by atoms with E-state index in [9.17, 15) is 19.5 Å². The molecule has 0 aromatic rings. The minimum absolute atomic E-state index is 0.00642. The van der Waals surface area contributed by atoms with Crippen molar-refractivity contribution in [1.82, 2.24) is 15.5 Å². The fourth-order valence-corrected chi connectivity index (χ4v) is 3.04. The van der Waals surface area contributed by atoms with E-state index in [2.05, 4.69) is 10.6 Å². The van der Waals surface area contributed by atoms with Gasteiger partial charge >= 0.3 is 12.0 Å². The van der Waals surface area contributed by atoms with E-state index < -0.39 is 12.0 Å². The monoisotopic (exact) mass is 297 g/mol. The number of hydrogen-bond acceptors (Lipinski definition) is 3. The van der Waals surface area contributed by atoms with Crippen LogP contribution in [0.3, 0.4) is 0 Å². The molecule has 0 aromatic heterocycles. The Labute approximate surface area is 124 Å². The van der Waals surface area contributed by atoms with E-state index in [1.807, 2.05) is 0 Å². The van der Waals surface area contributed by atoms with Crippen molar-refractivity contribution in [3.63, 3.8) is 0 Å². The Balaban J connectivity index is 1.94. The Morgan fingerprint density at radius 1 is 1.24 bits per heavy atom. The second kappa shape index (κ2) is 7.28. The van der Waals surface area contributed by atoms with Gasteiger partial charge in [0.15, 0.2) is 0 Å². The average molecular weight is 297 g/mol. The van der Waals surface area contributed by atoms with Gasteiger partial charge in [0.05, 0.1) is 0 Å². The summed E-state index contributed by atoms with van der Waals surface area (Å²) in [5.41, 5.74) is 0. The molecule has 0 spiro atoms. The van der Waals surface area contributed by atoms with Gasteiger partial charge in [-0.2, -0.15) is 0 Å². The number of nitrogens with one attached hydrogen (secondary N) is 2. The van der Waals surface area contributed by atoms with Gasteiger partial charge in [-0.1, -0.05) is 19.3 Å². The molecule has 1 saturated carbocycles. The zero-order valence-corrected chi connectivity index (χ0v) is 12.1. The Morgan fingerprint density at radius 3 is 2.62 bits per heavy atom. The van der Waals surface area contributed by atoms with E-state index in [1.54, 1.807) is 0 Å². The van der Waals surface area contributed by atoms with Crippen molar-refractivity contribution in [3.8, 4) is 0 Å². The van der Waals surface area contributed by atoms with Crippen LogP contribution in [0.4, 0.5) is 4.79 Å². The van der Waals surface area contributed by atoms with E-state index in [-0.39, 0.29) is 24.3 Å². The van der Waals surface area contributed by atoms with Gasteiger partial charge in [-0.15, -0.1) is 0 Å². The topological polar surface area (TPSA) is 98.7 Å². The first kappa shape index (κ1) is 15.6. The molecule has 118 valence electrons. The van der Waals surface area contributed by atoms with E-state index in [0.717, 1.165) is 32.1 Å². The second-order valence-electron chi connectivity index (χ2n) is 5.75. The Kier molecular flexibility index (Phi) is 5.41. The smallest absolute Gasteiger partial charge is 0.326 e.